The zero-order valence-electron chi connectivity index (χ0n) is 10.7. The molecule has 1 aromatic carbocycles. The van der Waals surface area contributed by atoms with Crippen LogP contribution in [0.2, 0.25) is 5.02 Å². The fraction of sp³-hybridized carbons (Fsp3) is 0.571. The van der Waals surface area contributed by atoms with Gasteiger partial charge >= 0.3 is 0 Å². The molecule has 1 atom stereocenters. The predicted molar refractivity (Wildman–Crippen MR) is 76.9 cm³/mol. The van der Waals surface area contributed by atoms with Gasteiger partial charge in [-0.15, -0.1) is 11.6 Å². The molecule has 1 nitrogen and oxygen atoms in total. The van der Waals surface area contributed by atoms with Crippen molar-refractivity contribution >= 4 is 23.2 Å². The summed E-state index contributed by atoms with van der Waals surface area (Å²) in [5.74, 6) is 0.911. The van der Waals surface area contributed by atoms with E-state index in [1.54, 1.807) is 6.07 Å². The average molecular weight is 292 g/mol. The lowest BCUT2D eigenvalue weighted by molar-refractivity contribution is 0.430. The van der Waals surface area contributed by atoms with Gasteiger partial charge < -0.3 is 5.32 Å². The van der Waals surface area contributed by atoms with Gasteiger partial charge in [-0.05, 0) is 36.9 Å². The lowest BCUT2D eigenvalue weighted by atomic mass is 10.0. The molecule has 1 unspecified atom stereocenters. The van der Waals surface area contributed by atoms with Gasteiger partial charge in [-0.1, -0.05) is 37.1 Å². The highest BCUT2D eigenvalue weighted by Crippen LogP contribution is 2.19. The van der Waals surface area contributed by atoms with Crippen LogP contribution in [0.4, 0.5) is 4.39 Å². The molecule has 0 bridgehead atoms. The Balaban J connectivity index is 2.42. The summed E-state index contributed by atoms with van der Waals surface area (Å²) < 4.78 is 13.2. The summed E-state index contributed by atoms with van der Waals surface area (Å²) in [5.41, 5.74) is 0.804. The van der Waals surface area contributed by atoms with E-state index in [1.165, 1.54) is 6.07 Å². The molecule has 1 aromatic rings. The first kappa shape index (κ1) is 15.7. The molecule has 0 saturated carbocycles. The van der Waals surface area contributed by atoms with Gasteiger partial charge in [0, 0.05) is 12.4 Å². The van der Waals surface area contributed by atoms with Crippen molar-refractivity contribution in [2.75, 3.05) is 12.4 Å². The van der Waals surface area contributed by atoms with Crippen molar-refractivity contribution in [3.05, 3.63) is 34.6 Å². The maximum Gasteiger partial charge on any atom is 0.142 e. The molecule has 0 radical (unpaired) electrons. The van der Waals surface area contributed by atoms with Crippen molar-refractivity contribution in [2.45, 2.75) is 32.7 Å². The van der Waals surface area contributed by atoms with E-state index in [4.69, 9.17) is 23.2 Å². The predicted octanol–water partition coefficient (Wildman–Crippen LogP) is 4.61. The van der Waals surface area contributed by atoms with Crippen LogP contribution in [0.1, 0.15) is 31.7 Å². The molecule has 0 saturated heterocycles. The van der Waals surface area contributed by atoms with Crippen molar-refractivity contribution in [1.29, 1.82) is 0 Å². The second-order valence-electron chi connectivity index (χ2n) is 4.48. The first-order chi connectivity index (χ1) is 8.69. The third-order valence-electron chi connectivity index (χ3n) is 2.99. The Hall–Kier alpha value is -0.310. The lowest BCUT2D eigenvalue weighted by Crippen LogP contribution is -2.23. The summed E-state index contributed by atoms with van der Waals surface area (Å²) in [6.45, 7) is 3.66. The highest BCUT2D eigenvalue weighted by atomic mass is 35.5. The molecule has 1 N–H and O–H groups in total. The van der Waals surface area contributed by atoms with Gasteiger partial charge in [0.2, 0.25) is 0 Å². The van der Waals surface area contributed by atoms with Crippen molar-refractivity contribution < 1.29 is 4.39 Å². The molecule has 4 heteroatoms. The summed E-state index contributed by atoms with van der Waals surface area (Å²) in [5, 5.41) is 3.55. The van der Waals surface area contributed by atoms with Gasteiger partial charge in [-0.3, -0.25) is 0 Å². The SMILES string of the molecule is CCCC(CCCl)CNCc1cccc(F)c1Cl. The van der Waals surface area contributed by atoms with Crippen LogP contribution in [-0.4, -0.2) is 12.4 Å². The minimum atomic E-state index is -0.359. The molecule has 18 heavy (non-hydrogen) atoms. The van der Waals surface area contributed by atoms with Crippen LogP contribution in [-0.2, 0) is 6.54 Å². The van der Waals surface area contributed by atoms with Crippen molar-refractivity contribution in [1.82, 2.24) is 5.32 Å². The normalized spacial score (nSPS) is 12.7. The standard InChI is InChI=1S/C14H20Cl2FN/c1-2-4-11(7-8-15)9-18-10-12-5-3-6-13(17)14(12)16/h3,5-6,11,18H,2,4,7-10H2,1H3. The Kier molecular flexibility index (Phi) is 7.64. The summed E-state index contributed by atoms with van der Waals surface area (Å²) >= 11 is 11.7. The van der Waals surface area contributed by atoms with Crippen LogP contribution in [0.25, 0.3) is 0 Å². The van der Waals surface area contributed by atoms with Gasteiger partial charge in [0.25, 0.3) is 0 Å². The van der Waals surface area contributed by atoms with E-state index in [0.29, 0.717) is 18.3 Å². The molecular formula is C14H20Cl2FN. The second kappa shape index (κ2) is 8.73. The molecule has 0 aromatic heterocycles. The Morgan fingerprint density at radius 1 is 1.33 bits per heavy atom. The molecule has 0 aliphatic heterocycles. The molecule has 0 aliphatic rings. The highest BCUT2D eigenvalue weighted by molar-refractivity contribution is 6.31. The molecule has 0 spiro atoms. The third-order valence-corrected chi connectivity index (χ3v) is 3.64. The fourth-order valence-corrected chi connectivity index (χ4v) is 2.51. The molecule has 0 amide bonds. The fourth-order valence-electron chi connectivity index (χ4n) is 2.01. The van der Waals surface area contributed by atoms with Gasteiger partial charge in [0.15, 0.2) is 0 Å². The van der Waals surface area contributed by atoms with E-state index < -0.39 is 0 Å². The summed E-state index contributed by atoms with van der Waals surface area (Å²) in [6.07, 6.45) is 3.33. The van der Waals surface area contributed by atoms with E-state index >= 15 is 0 Å². The largest absolute Gasteiger partial charge is 0.312 e. The van der Waals surface area contributed by atoms with Crippen LogP contribution in [0.5, 0.6) is 0 Å². The number of rotatable bonds is 8. The summed E-state index contributed by atoms with van der Waals surface area (Å²) in [4.78, 5) is 0. The number of halogens is 3. The number of alkyl halides is 1. The van der Waals surface area contributed by atoms with Crippen LogP contribution in [0.15, 0.2) is 18.2 Å². The minimum Gasteiger partial charge on any atom is -0.312 e. The molecule has 0 heterocycles. The van der Waals surface area contributed by atoms with E-state index in [1.807, 2.05) is 6.07 Å². The average Bonchev–Trinajstić information content (AvgIpc) is 2.35. The Morgan fingerprint density at radius 2 is 2.11 bits per heavy atom. The second-order valence-corrected chi connectivity index (χ2v) is 5.23. The van der Waals surface area contributed by atoms with E-state index in [9.17, 15) is 4.39 Å². The van der Waals surface area contributed by atoms with E-state index in [-0.39, 0.29) is 10.8 Å². The molecule has 0 fully saturated rings. The van der Waals surface area contributed by atoms with Gasteiger partial charge in [0.1, 0.15) is 5.82 Å². The van der Waals surface area contributed by atoms with Crippen LogP contribution in [0.3, 0.4) is 0 Å². The van der Waals surface area contributed by atoms with Crippen LogP contribution in [0, 0.1) is 11.7 Å². The van der Waals surface area contributed by atoms with Crippen molar-refractivity contribution in [3.8, 4) is 0 Å². The highest BCUT2D eigenvalue weighted by Gasteiger charge is 2.08. The molecular weight excluding hydrogens is 272 g/mol. The van der Waals surface area contributed by atoms with Gasteiger partial charge in [0.05, 0.1) is 5.02 Å². The van der Waals surface area contributed by atoms with Crippen molar-refractivity contribution in [2.24, 2.45) is 5.92 Å². The Labute approximate surface area is 119 Å². The maximum absolute atomic E-state index is 13.2. The molecule has 102 valence electrons. The molecule has 0 aliphatic carbocycles. The summed E-state index contributed by atoms with van der Waals surface area (Å²) in [6, 6.07) is 4.90. The smallest absolute Gasteiger partial charge is 0.142 e. The number of nitrogens with one attached hydrogen (secondary N) is 1. The quantitative estimate of drug-likeness (QED) is 0.690. The van der Waals surface area contributed by atoms with Crippen LogP contribution < -0.4 is 5.32 Å². The Morgan fingerprint density at radius 3 is 2.78 bits per heavy atom. The number of hydrogen-bond donors (Lipinski definition) is 1. The van der Waals surface area contributed by atoms with Gasteiger partial charge in [-0.2, -0.15) is 0 Å². The topological polar surface area (TPSA) is 12.0 Å². The maximum atomic E-state index is 13.2. The number of hydrogen-bond acceptors (Lipinski definition) is 1. The zero-order valence-corrected chi connectivity index (χ0v) is 12.2. The van der Waals surface area contributed by atoms with Crippen LogP contribution >= 0.6 is 23.2 Å². The lowest BCUT2D eigenvalue weighted by Gasteiger charge is -2.16. The van der Waals surface area contributed by atoms with E-state index in [0.717, 1.165) is 31.4 Å². The molecule has 1 rings (SSSR count). The summed E-state index contributed by atoms with van der Waals surface area (Å²) in [7, 11) is 0. The number of benzene rings is 1. The minimum absolute atomic E-state index is 0.217. The first-order valence-electron chi connectivity index (χ1n) is 6.38. The zero-order chi connectivity index (χ0) is 13.4. The van der Waals surface area contributed by atoms with Crippen molar-refractivity contribution in [3.63, 3.8) is 0 Å². The monoisotopic (exact) mass is 291 g/mol. The first-order valence-corrected chi connectivity index (χ1v) is 7.29. The van der Waals surface area contributed by atoms with E-state index in [2.05, 4.69) is 12.2 Å². The third kappa shape index (κ3) is 5.13. The Bertz CT molecular complexity index is 352. The van der Waals surface area contributed by atoms with Gasteiger partial charge in [-0.25, -0.2) is 4.39 Å².